The summed E-state index contributed by atoms with van der Waals surface area (Å²) in [6.07, 6.45) is 3.46. The zero-order valence-electron chi connectivity index (χ0n) is 17.5. The standard InChI is InChI=1S/C21H20FN9O2/c22-16-6-18(33-11-14-10-32-4-3-25-14)17(5-12(16)7-23)28-21-29-19(27-13-1-2-13)20-26-9-15(8-24)31(20)30-21/h5-6,9,13-14,25H,1-4,10-11H2,(H2,27,28,29,30). The van der Waals surface area contributed by atoms with E-state index in [4.69, 9.17) is 9.47 Å². The lowest BCUT2D eigenvalue weighted by Gasteiger charge is -2.24. The van der Waals surface area contributed by atoms with Crippen LogP contribution in [0.3, 0.4) is 0 Å². The van der Waals surface area contributed by atoms with Crippen LogP contribution in [-0.4, -0.2) is 58.0 Å². The lowest BCUT2D eigenvalue weighted by atomic mass is 10.2. The van der Waals surface area contributed by atoms with Gasteiger partial charge in [-0.3, -0.25) is 0 Å². The maximum absolute atomic E-state index is 14.4. The van der Waals surface area contributed by atoms with Crippen molar-refractivity contribution in [2.75, 3.05) is 37.0 Å². The van der Waals surface area contributed by atoms with Crippen LogP contribution < -0.4 is 20.7 Å². The van der Waals surface area contributed by atoms with Gasteiger partial charge in [0.2, 0.25) is 5.95 Å². The second kappa shape index (κ2) is 8.86. The lowest BCUT2D eigenvalue weighted by Crippen LogP contribution is -2.44. The molecule has 1 saturated heterocycles. The first kappa shape index (κ1) is 20.9. The molecule has 11 nitrogen and oxygen atoms in total. The molecule has 5 rings (SSSR count). The van der Waals surface area contributed by atoms with Crippen molar-refractivity contribution >= 4 is 23.1 Å². The molecular weight excluding hydrogens is 429 g/mol. The Hall–Kier alpha value is -4.00. The van der Waals surface area contributed by atoms with Gasteiger partial charge in [0, 0.05) is 18.7 Å². The lowest BCUT2D eigenvalue weighted by molar-refractivity contribution is 0.0593. The summed E-state index contributed by atoms with van der Waals surface area (Å²) in [5.41, 5.74) is 0.841. The molecule has 3 N–H and O–H groups in total. The van der Waals surface area contributed by atoms with Crippen LogP contribution in [0.25, 0.3) is 5.65 Å². The number of halogens is 1. The molecule has 1 saturated carbocycles. The number of rotatable bonds is 7. The summed E-state index contributed by atoms with van der Waals surface area (Å²) in [6.45, 7) is 2.06. The highest BCUT2D eigenvalue weighted by Gasteiger charge is 2.24. The Morgan fingerprint density at radius 3 is 2.91 bits per heavy atom. The molecule has 3 aromatic rings. The number of nitriles is 2. The molecule has 0 amide bonds. The molecule has 2 aromatic heterocycles. The maximum Gasteiger partial charge on any atom is 0.247 e. The zero-order valence-corrected chi connectivity index (χ0v) is 17.5. The SMILES string of the molecule is N#Cc1cc(Nc2nc(NC3CC3)c3ncc(C#N)n3n2)c(OCC2COCCN2)cc1F. The number of nitrogens with one attached hydrogen (secondary N) is 3. The Morgan fingerprint density at radius 1 is 1.30 bits per heavy atom. The van der Waals surface area contributed by atoms with Gasteiger partial charge in [-0.2, -0.15) is 20.0 Å². The van der Waals surface area contributed by atoms with E-state index < -0.39 is 5.82 Å². The van der Waals surface area contributed by atoms with Gasteiger partial charge in [0.15, 0.2) is 17.2 Å². The van der Waals surface area contributed by atoms with Crippen molar-refractivity contribution in [1.29, 1.82) is 10.5 Å². The fourth-order valence-electron chi connectivity index (χ4n) is 3.42. The van der Waals surface area contributed by atoms with Gasteiger partial charge in [-0.25, -0.2) is 9.37 Å². The molecule has 2 fully saturated rings. The summed E-state index contributed by atoms with van der Waals surface area (Å²) in [6, 6.07) is 6.62. The van der Waals surface area contributed by atoms with Gasteiger partial charge < -0.3 is 25.4 Å². The molecule has 0 bridgehead atoms. The first-order valence-corrected chi connectivity index (χ1v) is 10.5. The summed E-state index contributed by atoms with van der Waals surface area (Å²) in [4.78, 5) is 8.75. The molecular formula is C21H20FN9O2. The van der Waals surface area contributed by atoms with E-state index in [1.165, 1.54) is 16.8 Å². The van der Waals surface area contributed by atoms with Crippen molar-refractivity contribution in [3.63, 3.8) is 0 Å². The molecule has 3 heterocycles. The van der Waals surface area contributed by atoms with Gasteiger partial charge in [-0.1, -0.05) is 0 Å². The molecule has 1 aliphatic carbocycles. The topological polar surface area (TPSA) is 145 Å². The third kappa shape index (κ3) is 4.48. The second-order valence-corrected chi connectivity index (χ2v) is 7.80. The van der Waals surface area contributed by atoms with Crippen molar-refractivity contribution in [2.24, 2.45) is 0 Å². The number of aromatic nitrogens is 4. The summed E-state index contributed by atoms with van der Waals surface area (Å²) in [5.74, 6) is 0.120. The number of benzene rings is 1. The number of morpholine rings is 1. The van der Waals surface area contributed by atoms with E-state index >= 15 is 0 Å². The highest BCUT2D eigenvalue weighted by atomic mass is 19.1. The molecule has 1 unspecified atom stereocenters. The molecule has 0 radical (unpaired) electrons. The molecule has 2 aliphatic rings. The molecule has 33 heavy (non-hydrogen) atoms. The summed E-state index contributed by atoms with van der Waals surface area (Å²) in [5, 5.41) is 32.6. The van der Waals surface area contributed by atoms with E-state index in [-0.39, 0.29) is 35.6 Å². The Morgan fingerprint density at radius 2 is 2.18 bits per heavy atom. The van der Waals surface area contributed by atoms with Crippen LogP contribution >= 0.6 is 0 Å². The van der Waals surface area contributed by atoms with Gasteiger partial charge in [-0.05, 0) is 18.9 Å². The van der Waals surface area contributed by atoms with E-state index in [1.54, 1.807) is 0 Å². The number of anilines is 3. The number of hydrogen-bond donors (Lipinski definition) is 3. The Labute approximate surface area is 188 Å². The van der Waals surface area contributed by atoms with E-state index in [9.17, 15) is 14.9 Å². The minimum atomic E-state index is -0.695. The van der Waals surface area contributed by atoms with E-state index in [2.05, 4.69) is 31.0 Å². The van der Waals surface area contributed by atoms with Gasteiger partial charge >= 0.3 is 0 Å². The van der Waals surface area contributed by atoms with Crippen molar-refractivity contribution < 1.29 is 13.9 Å². The predicted octanol–water partition coefficient (Wildman–Crippen LogP) is 1.69. The molecule has 1 aliphatic heterocycles. The van der Waals surface area contributed by atoms with Gasteiger partial charge in [-0.15, -0.1) is 5.10 Å². The van der Waals surface area contributed by atoms with E-state index in [0.29, 0.717) is 43.0 Å². The van der Waals surface area contributed by atoms with Crippen molar-refractivity contribution in [1.82, 2.24) is 24.9 Å². The summed E-state index contributed by atoms with van der Waals surface area (Å²) >= 11 is 0. The molecule has 1 atom stereocenters. The number of nitrogens with zero attached hydrogens (tertiary/aromatic N) is 6. The average molecular weight is 449 g/mol. The van der Waals surface area contributed by atoms with Crippen molar-refractivity contribution in [2.45, 2.75) is 24.9 Å². The fraction of sp³-hybridized carbons (Fsp3) is 0.381. The average Bonchev–Trinajstić information content (AvgIpc) is 3.55. The third-order valence-corrected chi connectivity index (χ3v) is 5.27. The first-order valence-electron chi connectivity index (χ1n) is 10.5. The van der Waals surface area contributed by atoms with Gasteiger partial charge in [0.05, 0.1) is 36.7 Å². The molecule has 168 valence electrons. The summed E-state index contributed by atoms with van der Waals surface area (Å²) < 4.78 is 27.0. The van der Waals surface area contributed by atoms with Crippen LogP contribution in [0.2, 0.25) is 0 Å². The minimum Gasteiger partial charge on any atom is -0.490 e. The highest BCUT2D eigenvalue weighted by Crippen LogP contribution is 2.31. The largest absolute Gasteiger partial charge is 0.490 e. The van der Waals surface area contributed by atoms with E-state index in [0.717, 1.165) is 18.9 Å². The van der Waals surface area contributed by atoms with Crippen LogP contribution in [-0.2, 0) is 4.74 Å². The first-order chi connectivity index (χ1) is 16.1. The van der Waals surface area contributed by atoms with Crippen molar-refractivity contribution in [3.05, 3.63) is 35.4 Å². The van der Waals surface area contributed by atoms with Gasteiger partial charge in [0.1, 0.15) is 30.3 Å². The Bertz CT molecular complexity index is 1270. The van der Waals surface area contributed by atoms with Crippen LogP contribution in [0.5, 0.6) is 5.75 Å². The zero-order chi connectivity index (χ0) is 22.8. The van der Waals surface area contributed by atoms with Crippen LogP contribution in [0, 0.1) is 28.5 Å². The highest BCUT2D eigenvalue weighted by molar-refractivity contribution is 5.69. The monoisotopic (exact) mass is 449 g/mol. The minimum absolute atomic E-state index is 0.0450. The summed E-state index contributed by atoms with van der Waals surface area (Å²) in [7, 11) is 0. The third-order valence-electron chi connectivity index (χ3n) is 5.27. The second-order valence-electron chi connectivity index (χ2n) is 7.80. The maximum atomic E-state index is 14.4. The van der Waals surface area contributed by atoms with Gasteiger partial charge in [0.25, 0.3) is 0 Å². The molecule has 12 heteroatoms. The van der Waals surface area contributed by atoms with Crippen LogP contribution in [0.1, 0.15) is 24.1 Å². The molecule has 0 spiro atoms. The smallest absolute Gasteiger partial charge is 0.247 e. The van der Waals surface area contributed by atoms with Crippen LogP contribution in [0.15, 0.2) is 18.3 Å². The normalized spacial score (nSPS) is 17.8. The number of fused-ring (bicyclic) bond motifs is 1. The quantitative estimate of drug-likeness (QED) is 0.487. The Balaban J connectivity index is 1.48. The molecule has 1 aromatic carbocycles. The van der Waals surface area contributed by atoms with Crippen LogP contribution in [0.4, 0.5) is 21.8 Å². The number of imidazole rings is 1. The van der Waals surface area contributed by atoms with E-state index in [1.807, 2.05) is 12.1 Å². The van der Waals surface area contributed by atoms with Crippen molar-refractivity contribution in [3.8, 4) is 17.9 Å². The number of ether oxygens (including phenoxy) is 2. The Kier molecular flexibility index (Phi) is 5.60. The number of hydrogen-bond acceptors (Lipinski definition) is 10. The fourth-order valence-corrected chi connectivity index (χ4v) is 3.42. The predicted molar refractivity (Wildman–Crippen MR) is 115 cm³/mol.